The van der Waals surface area contributed by atoms with Crippen LogP contribution in [0.25, 0.3) is 0 Å². The molecule has 0 saturated carbocycles. The number of hydrazone groups is 1. The number of rotatable bonds is 9. The van der Waals surface area contributed by atoms with Crippen molar-refractivity contribution in [1.82, 2.24) is 9.73 Å². The molecule has 0 bridgehead atoms. The summed E-state index contributed by atoms with van der Waals surface area (Å²) in [5.41, 5.74) is 3.23. The summed E-state index contributed by atoms with van der Waals surface area (Å²) in [4.78, 5) is 12.3. The number of carbonyl (C=O) groups is 1. The van der Waals surface area contributed by atoms with E-state index in [-0.39, 0.29) is 10.5 Å². The highest BCUT2D eigenvalue weighted by Crippen LogP contribution is 2.27. The van der Waals surface area contributed by atoms with Gasteiger partial charge in [-0.1, -0.05) is 18.7 Å². The van der Waals surface area contributed by atoms with Crippen molar-refractivity contribution in [2.45, 2.75) is 4.90 Å². The monoisotopic (exact) mass is 417 g/mol. The first kappa shape index (κ1) is 22.1. The summed E-state index contributed by atoms with van der Waals surface area (Å²) < 4.78 is 36.2. The van der Waals surface area contributed by atoms with Gasteiger partial charge in [0.15, 0.2) is 11.5 Å². The average Bonchev–Trinajstić information content (AvgIpc) is 2.72. The maximum absolute atomic E-state index is 12.3. The lowest BCUT2D eigenvalue weighted by atomic mass is 10.2. The first-order valence-electron chi connectivity index (χ1n) is 8.57. The van der Waals surface area contributed by atoms with Crippen molar-refractivity contribution in [3.05, 3.63) is 66.2 Å². The Kier molecular flexibility index (Phi) is 7.52. The molecule has 0 aliphatic heterocycles. The molecule has 0 fully saturated rings. The van der Waals surface area contributed by atoms with Crippen LogP contribution >= 0.6 is 0 Å². The number of sulfonamides is 1. The van der Waals surface area contributed by atoms with E-state index >= 15 is 0 Å². The number of methoxy groups -OCH3 is 1. The first-order chi connectivity index (χ1) is 13.8. The van der Waals surface area contributed by atoms with Crippen LogP contribution in [-0.4, -0.2) is 52.7 Å². The highest BCUT2D eigenvalue weighted by molar-refractivity contribution is 7.89. The van der Waals surface area contributed by atoms with Gasteiger partial charge in [0.2, 0.25) is 10.0 Å². The van der Waals surface area contributed by atoms with Crippen LogP contribution in [0.1, 0.15) is 15.9 Å². The third-order valence-electron chi connectivity index (χ3n) is 3.80. The number of hydrogen-bond donors (Lipinski definition) is 1. The molecule has 154 valence electrons. The second kappa shape index (κ2) is 9.85. The van der Waals surface area contributed by atoms with Gasteiger partial charge in [-0.15, -0.1) is 0 Å². The van der Waals surface area contributed by atoms with Crippen LogP contribution in [0.5, 0.6) is 11.5 Å². The normalized spacial score (nSPS) is 11.4. The Morgan fingerprint density at radius 1 is 1.21 bits per heavy atom. The minimum atomic E-state index is -3.63. The molecule has 29 heavy (non-hydrogen) atoms. The van der Waals surface area contributed by atoms with Crippen molar-refractivity contribution in [3.8, 4) is 11.5 Å². The van der Waals surface area contributed by atoms with E-state index in [1.54, 1.807) is 24.3 Å². The predicted octanol–water partition coefficient (Wildman–Crippen LogP) is 2.27. The summed E-state index contributed by atoms with van der Waals surface area (Å²) in [5, 5.41) is 3.92. The van der Waals surface area contributed by atoms with E-state index in [0.717, 1.165) is 4.31 Å². The standard InChI is InChI=1S/C20H23N3O5S/c1-5-11-28-18-10-9-15(12-19(18)27-4)14-21-22-20(24)16-7-6-8-17(13-16)29(25,26)23(2)3/h5-10,12-14H,1,11H2,2-4H3,(H,22,24)/b21-14-. The minimum absolute atomic E-state index is 0.0268. The van der Waals surface area contributed by atoms with Crippen LogP contribution in [-0.2, 0) is 10.0 Å². The number of benzene rings is 2. The molecule has 9 heteroatoms. The molecule has 2 aromatic rings. The van der Waals surface area contributed by atoms with E-state index < -0.39 is 15.9 Å². The summed E-state index contributed by atoms with van der Waals surface area (Å²) in [6, 6.07) is 10.9. The van der Waals surface area contributed by atoms with Crippen LogP contribution in [0.15, 0.2) is 65.1 Å². The van der Waals surface area contributed by atoms with Crippen LogP contribution in [0.3, 0.4) is 0 Å². The largest absolute Gasteiger partial charge is 0.493 e. The first-order valence-corrected chi connectivity index (χ1v) is 10.0. The van der Waals surface area contributed by atoms with E-state index in [1.165, 1.54) is 51.7 Å². The van der Waals surface area contributed by atoms with E-state index in [2.05, 4.69) is 17.1 Å². The van der Waals surface area contributed by atoms with Crippen molar-refractivity contribution in [2.75, 3.05) is 27.8 Å². The van der Waals surface area contributed by atoms with Gasteiger partial charge in [-0.05, 0) is 42.0 Å². The van der Waals surface area contributed by atoms with Gasteiger partial charge < -0.3 is 9.47 Å². The van der Waals surface area contributed by atoms with Crippen molar-refractivity contribution in [2.24, 2.45) is 5.10 Å². The Balaban J connectivity index is 2.11. The number of nitrogens with one attached hydrogen (secondary N) is 1. The summed E-state index contributed by atoms with van der Waals surface area (Å²) in [7, 11) is 0.739. The van der Waals surface area contributed by atoms with Crippen LogP contribution in [0.4, 0.5) is 0 Å². The summed E-state index contributed by atoms with van der Waals surface area (Å²) in [6.45, 7) is 3.94. The maximum atomic E-state index is 12.3. The molecule has 0 aliphatic rings. The summed E-state index contributed by atoms with van der Waals surface area (Å²) in [6.07, 6.45) is 3.07. The van der Waals surface area contributed by atoms with Crippen molar-refractivity contribution in [3.63, 3.8) is 0 Å². The van der Waals surface area contributed by atoms with Crippen molar-refractivity contribution in [1.29, 1.82) is 0 Å². The highest BCUT2D eigenvalue weighted by atomic mass is 32.2. The fourth-order valence-electron chi connectivity index (χ4n) is 2.27. The fourth-order valence-corrected chi connectivity index (χ4v) is 3.22. The molecule has 0 aliphatic carbocycles. The van der Waals surface area contributed by atoms with Gasteiger partial charge in [0.05, 0.1) is 18.2 Å². The second-order valence-electron chi connectivity index (χ2n) is 6.02. The Morgan fingerprint density at radius 3 is 2.62 bits per heavy atom. The van der Waals surface area contributed by atoms with Crippen LogP contribution in [0, 0.1) is 0 Å². The molecule has 8 nitrogen and oxygen atoms in total. The molecule has 0 atom stereocenters. The smallest absolute Gasteiger partial charge is 0.271 e. The number of carbonyl (C=O) groups excluding carboxylic acids is 1. The van der Waals surface area contributed by atoms with Gasteiger partial charge in [0.25, 0.3) is 5.91 Å². The zero-order chi connectivity index (χ0) is 21.4. The number of hydrogen-bond acceptors (Lipinski definition) is 6. The lowest BCUT2D eigenvalue weighted by molar-refractivity contribution is 0.0955. The van der Waals surface area contributed by atoms with Gasteiger partial charge in [-0.2, -0.15) is 5.10 Å². The van der Waals surface area contributed by atoms with Crippen LogP contribution < -0.4 is 14.9 Å². The fraction of sp³-hybridized carbons (Fsp3) is 0.200. The Hall–Kier alpha value is -3.17. The third-order valence-corrected chi connectivity index (χ3v) is 5.61. The lowest BCUT2D eigenvalue weighted by Gasteiger charge is -2.11. The molecule has 0 heterocycles. The van der Waals surface area contributed by atoms with Gasteiger partial charge in [-0.25, -0.2) is 18.1 Å². The maximum Gasteiger partial charge on any atom is 0.271 e. The zero-order valence-corrected chi connectivity index (χ0v) is 17.3. The van der Waals surface area contributed by atoms with Gasteiger partial charge in [-0.3, -0.25) is 4.79 Å². The Bertz CT molecular complexity index is 1020. The molecular formula is C20H23N3O5S. The number of amides is 1. The zero-order valence-electron chi connectivity index (χ0n) is 16.5. The Labute approximate surface area is 170 Å². The molecule has 0 radical (unpaired) electrons. The van der Waals surface area contributed by atoms with E-state index in [0.29, 0.717) is 23.7 Å². The lowest BCUT2D eigenvalue weighted by Crippen LogP contribution is -2.23. The molecule has 0 spiro atoms. The minimum Gasteiger partial charge on any atom is -0.493 e. The second-order valence-corrected chi connectivity index (χ2v) is 8.18. The summed E-state index contributed by atoms with van der Waals surface area (Å²) >= 11 is 0. The van der Waals surface area contributed by atoms with E-state index in [9.17, 15) is 13.2 Å². The predicted molar refractivity (Wildman–Crippen MR) is 111 cm³/mol. The molecule has 1 amide bonds. The third kappa shape index (κ3) is 5.66. The number of ether oxygens (including phenoxy) is 2. The Morgan fingerprint density at radius 2 is 1.97 bits per heavy atom. The van der Waals surface area contributed by atoms with Crippen molar-refractivity contribution >= 4 is 22.1 Å². The molecule has 0 saturated heterocycles. The molecule has 0 unspecified atom stereocenters. The molecule has 2 rings (SSSR count). The average molecular weight is 417 g/mol. The van der Waals surface area contributed by atoms with Gasteiger partial charge in [0, 0.05) is 19.7 Å². The molecule has 2 aromatic carbocycles. The SMILES string of the molecule is C=CCOc1ccc(/C=N\NC(=O)c2cccc(S(=O)(=O)N(C)C)c2)cc1OC. The molecular weight excluding hydrogens is 394 g/mol. The molecule has 0 aromatic heterocycles. The topological polar surface area (TPSA) is 97.3 Å². The summed E-state index contributed by atoms with van der Waals surface area (Å²) in [5.74, 6) is 0.547. The quantitative estimate of drug-likeness (QED) is 0.384. The van der Waals surface area contributed by atoms with E-state index in [1.807, 2.05) is 0 Å². The van der Waals surface area contributed by atoms with Crippen LogP contribution in [0.2, 0.25) is 0 Å². The highest BCUT2D eigenvalue weighted by Gasteiger charge is 2.18. The van der Waals surface area contributed by atoms with E-state index in [4.69, 9.17) is 9.47 Å². The van der Waals surface area contributed by atoms with Crippen molar-refractivity contribution < 1.29 is 22.7 Å². The molecule has 1 N–H and O–H groups in total. The van der Waals surface area contributed by atoms with Gasteiger partial charge in [0.1, 0.15) is 6.61 Å². The number of nitrogens with zero attached hydrogens (tertiary/aromatic N) is 2. The van der Waals surface area contributed by atoms with Gasteiger partial charge >= 0.3 is 0 Å².